The molecule has 0 saturated carbocycles. The van der Waals surface area contributed by atoms with E-state index in [1.54, 1.807) is 11.0 Å². The third-order valence-electron chi connectivity index (χ3n) is 1.83. The first-order valence-corrected chi connectivity index (χ1v) is 4.58. The average Bonchev–Trinajstić information content (AvgIpc) is 2.56. The Morgan fingerprint density at radius 2 is 2.21 bits per heavy atom. The second kappa shape index (κ2) is 3.75. The van der Waals surface area contributed by atoms with Crippen LogP contribution >= 0.6 is 11.6 Å². The van der Waals surface area contributed by atoms with Crippen molar-refractivity contribution < 1.29 is 0 Å². The summed E-state index contributed by atoms with van der Waals surface area (Å²) in [4.78, 5) is 8.01. The molecule has 5 heteroatoms. The minimum Gasteiger partial charge on any atom is -0.261 e. The van der Waals surface area contributed by atoms with Gasteiger partial charge in [0.1, 0.15) is 6.33 Å². The number of pyridine rings is 1. The summed E-state index contributed by atoms with van der Waals surface area (Å²) in [6.45, 7) is 2.60. The van der Waals surface area contributed by atoms with Crippen molar-refractivity contribution in [1.82, 2.24) is 19.7 Å². The molecule has 0 saturated heterocycles. The van der Waals surface area contributed by atoms with Crippen LogP contribution in [0.25, 0.3) is 0 Å². The van der Waals surface area contributed by atoms with Crippen molar-refractivity contribution in [3.8, 4) is 0 Å². The van der Waals surface area contributed by atoms with E-state index in [2.05, 4.69) is 15.1 Å². The van der Waals surface area contributed by atoms with E-state index < -0.39 is 0 Å². The topological polar surface area (TPSA) is 43.6 Å². The molecule has 0 aliphatic carbocycles. The lowest BCUT2D eigenvalue weighted by atomic mass is 10.2. The first-order valence-electron chi connectivity index (χ1n) is 4.20. The highest BCUT2D eigenvalue weighted by atomic mass is 35.5. The van der Waals surface area contributed by atoms with Gasteiger partial charge in [0.25, 0.3) is 0 Å². The largest absolute Gasteiger partial charge is 0.261 e. The van der Waals surface area contributed by atoms with E-state index in [4.69, 9.17) is 11.6 Å². The zero-order valence-corrected chi connectivity index (χ0v) is 8.44. The molecule has 0 N–H and O–H groups in total. The van der Waals surface area contributed by atoms with Gasteiger partial charge in [-0.15, -0.1) is 5.10 Å². The molecule has 0 amide bonds. The highest BCUT2D eigenvalue weighted by Gasteiger charge is 1.98. The standard InChI is InChI=1S/C9H9ClN4/c1-7-2-3-8(4-11-7)5-14-6-12-9(10)13-14/h2-4,6H,5H2,1H3. The van der Waals surface area contributed by atoms with E-state index in [0.29, 0.717) is 6.54 Å². The Hall–Kier alpha value is -1.42. The van der Waals surface area contributed by atoms with Crippen LogP contribution < -0.4 is 0 Å². The highest BCUT2D eigenvalue weighted by molar-refractivity contribution is 6.28. The monoisotopic (exact) mass is 208 g/mol. The minimum absolute atomic E-state index is 0.269. The van der Waals surface area contributed by atoms with E-state index in [1.807, 2.05) is 25.3 Å². The number of rotatable bonds is 2. The van der Waals surface area contributed by atoms with E-state index in [9.17, 15) is 0 Å². The Bertz CT molecular complexity index is 421. The fourth-order valence-corrected chi connectivity index (χ4v) is 1.27. The van der Waals surface area contributed by atoms with Gasteiger partial charge in [0.05, 0.1) is 6.54 Å². The molecule has 2 aromatic rings. The highest BCUT2D eigenvalue weighted by Crippen LogP contribution is 2.03. The number of hydrogen-bond acceptors (Lipinski definition) is 3. The summed E-state index contributed by atoms with van der Waals surface area (Å²) in [5.41, 5.74) is 2.09. The molecule has 0 radical (unpaired) electrons. The number of halogens is 1. The predicted octanol–water partition coefficient (Wildman–Crippen LogP) is 1.68. The quantitative estimate of drug-likeness (QED) is 0.754. The second-order valence-corrected chi connectivity index (χ2v) is 3.36. The van der Waals surface area contributed by atoms with E-state index in [0.717, 1.165) is 11.3 Å². The fraction of sp³-hybridized carbons (Fsp3) is 0.222. The molecular formula is C9H9ClN4. The zero-order valence-electron chi connectivity index (χ0n) is 7.68. The van der Waals surface area contributed by atoms with Crippen LogP contribution in [0.3, 0.4) is 0 Å². The lowest BCUT2D eigenvalue weighted by molar-refractivity contribution is 0.682. The van der Waals surface area contributed by atoms with Crippen molar-refractivity contribution >= 4 is 11.6 Å². The van der Waals surface area contributed by atoms with Gasteiger partial charge < -0.3 is 0 Å². The Morgan fingerprint density at radius 3 is 2.79 bits per heavy atom. The van der Waals surface area contributed by atoms with Crippen LogP contribution in [-0.4, -0.2) is 19.7 Å². The van der Waals surface area contributed by atoms with Crippen molar-refractivity contribution in [1.29, 1.82) is 0 Å². The van der Waals surface area contributed by atoms with E-state index in [-0.39, 0.29) is 5.28 Å². The summed E-state index contributed by atoms with van der Waals surface area (Å²) in [5, 5.41) is 4.24. The van der Waals surface area contributed by atoms with E-state index in [1.165, 1.54) is 0 Å². The normalized spacial score (nSPS) is 10.4. The molecule has 2 aromatic heterocycles. The Morgan fingerprint density at radius 1 is 1.36 bits per heavy atom. The van der Waals surface area contributed by atoms with Gasteiger partial charge in [0.2, 0.25) is 5.28 Å². The summed E-state index contributed by atoms with van der Waals surface area (Å²) in [7, 11) is 0. The third kappa shape index (κ3) is 2.09. The number of aromatic nitrogens is 4. The zero-order chi connectivity index (χ0) is 9.97. The van der Waals surface area contributed by atoms with Crippen LogP contribution in [0.2, 0.25) is 5.28 Å². The lowest BCUT2D eigenvalue weighted by Gasteiger charge is -2.00. The van der Waals surface area contributed by atoms with Gasteiger partial charge in [0, 0.05) is 11.9 Å². The van der Waals surface area contributed by atoms with Crippen LogP contribution in [0.1, 0.15) is 11.3 Å². The molecule has 0 aliphatic heterocycles. The predicted molar refractivity (Wildman–Crippen MR) is 53.1 cm³/mol. The first-order chi connectivity index (χ1) is 6.74. The van der Waals surface area contributed by atoms with Gasteiger partial charge in [-0.1, -0.05) is 6.07 Å². The number of aryl methyl sites for hydroxylation is 1. The number of hydrogen-bond donors (Lipinski definition) is 0. The average molecular weight is 209 g/mol. The van der Waals surface area contributed by atoms with Crippen molar-refractivity contribution in [3.05, 3.63) is 41.2 Å². The van der Waals surface area contributed by atoms with Gasteiger partial charge >= 0.3 is 0 Å². The maximum absolute atomic E-state index is 5.59. The summed E-state index contributed by atoms with van der Waals surface area (Å²) in [6, 6.07) is 3.98. The summed E-state index contributed by atoms with van der Waals surface area (Å²) in [5.74, 6) is 0. The first kappa shape index (κ1) is 9.15. The second-order valence-electron chi connectivity index (χ2n) is 3.02. The van der Waals surface area contributed by atoms with Crippen LogP contribution in [0, 0.1) is 6.92 Å². The van der Waals surface area contributed by atoms with Crippen LogP contribution in [0.5, 0.6) is 0 Å². The lowest BCUT2D eigenvalue weighted by Crippen LogP contribution is -2.00. The molecule has 0 bridgehead atoms. The molecule has 4 nitrogen and oxygen atoms in total. The van der Waals surface area contributed by atoms with E-state index >= 15 is 0 Å². The molecule has 72 valence electrons. The smallest absolute Gasteiger partial charge is 0.242 e. The maximum atomic E-state index is 5.59. The number of nitrogens with zero attached hydrogens (tertiary/aromatic N) is 4. The Labute approximate surface area is 86.6 Å². The molecule has 14 heavy (non-hydrogen) atoms. The maximum Gasteiger partial charge on any atom is 0.242 e. The van der Waals surface area contributed by atoms with Crippen LogP contribution in [0.4, 0.5) is 0 Å². The fourth-order valence-electron chi connectivity index (χ4n) is 1.13. The molecule has 0 unspecified atom stereocenters. The van der Waals surface area contributed by atoms with Crippen LogP contribution in [-0.2, 0) is 6.54 Å². The minimum atomic E-state index is 0.269. The SMILES string of the molecule is Cc1ccc(Cn2cnc(Cl)n2)cn1. The molecule has 0 spiro atoms. The third-order valence-corrected chi connectivity index (χ3v) is 2.00. The van der Waals surface area contributed by atoms with Gasteiger partial charge in [-0.2, -0.15) is 0 Å². The molecule has 0 aromatic carbocycles. The van der Waals surface area contributed by atoms with Gasteiger partial charge in [-0.25, -0.2) is 9.67 Å². The van der Waals surface area contributed by atoms with Crippen LogP contribution in [0.15, 0.2) is 24.7 Å². The summed E-state index contributed by atoms with van der Waals surface area (Å²) >= 11 is 5.59. The Kier molecular flexibility index (Phi) is 2.45. The molecule has 2 heterocycles. The summed E-state index contributed by atoms with van der Waals surface area (Å²) < 4.78 is 1.68. The van der Waals surface area contributed by atoms with Gasteiger partial charge in [-0.05, 0) is 30.2 Å². The van der Waals surface area contributed by atoms with Crippen molar-refractivity contribution in [2.45, 2.75) is 13.5 Å². The Balaban J connectivity index is 2.15. The van der Waals surface area contributed by atoms with Gasteiger partial charge in [-0.3, -0.25) is 4.98 Å². The molecule has 2 rings (SSSR count). The molecular weight excluding hydrogens is 200 g/mol. The molecule has 0 atom stereocenters. The van der Waals surface area contributed by atoms with Gasteiger partial charge in [0.15, 0.2) is 0 Å². The summed E-state index contributed by atoms with van der Waals surface area (Å²) in [6.07, 6.45) is 3.42. The van der Waals surface area contributed by atoms with Crippen molar-refractivity contribution in [2.75, 3.05) is 0 Å². The van der Waals surface area contributed by atoms with Crippen molar-refractivity contribution in [2.24, 2.45) is 0 Å². The van der Waals surface area contributed by atoms with Crippen molar-refractivity contribution in [3.63, 3.8) is 0 Å². The molecule has 0 fully saturated rings. The molecule has 0 aliphatic rings.